The molecule has 1 heterocycles. The van der Waals surface area contributed by atoms with E-state index in [1.54, 1.807) is 0 Å². The maximum Gasteiger partial charge on any atom is 0.288 e. The standard InChI is InChI=1S/C6H10N2O2.ClH/c7-2-4-8-3-1-5(9)6(8)10;/h1,9H,2-4,7H2;1H. The van der Waals surface area contributed by atoms with Crippen LogP contribution >= 0.6 is 12.4 Å². The number of aliphatic hydroxyl groups excluding tert-OH is 1. The molecule has 0 fully saturated rings. The van der Waals surface area contributed by atoms with Crippen molar-refractivity contribution in [1.82, 2.24) is 4.90 Å². The summed E-state index contributed by atoms with van der Waals surface area (Å²) in [6.45, 7) is 1.44. The van der Waals surface area contributed by atoms with Gasteiger partial charge in [0, 0.05) is 19.6 Å². The fraction of sp³-hybridized carbons (Fsp3) is 0.500. The Morgan fingerprint density at radius 2 is 2.36 bits per heavy atom. The van der Waals surface area contributed by atoms with E-state index in [-0.39, 0.29) is 24.1 Å². The van der Waals surface area contributed by atoms with Gasteiger partial charge in [-0.05, 0) is 6.08 Å². The first-order valence-electron chi connectivity index (χ1n) is 3.14. The second-order valence-corrected chi connectivity index (χ2v) is 2.13. The molecule has 1 aliphatic heterocycles. The molecule has 64 valence electrons. The first-order chi connectivity index (χ1) is 4.75. The molecule has 0 radical (unpaired) electrons. The fourth-order valence-corrected chi connectivity index (χ4v) is 0.878. The summed E-state index contributed by atoms with van der Waals surface area (Å²) < 4.78 is 0. The number of rotatable bonds is 2. The topological polar surface area (TPSA) is 66.6 Å². The minimum absolute atomic E-state index is 0. The number of carbonyl (C=O) groups excluding carboxylic acids is 1. The highest BCUT2D eigenvalue weighted by Gasteiger charge is 2.21. The van der Waals surface area contributed by atoms with Gasteiger partial charge in [-0.3, -0.25) is 4.79 Å². The van der Waals surface area contributed by atoms with E-state index in [1.165, 1.54) is 11.0 Å². The number of hydrogen-bond acceptors (Lipinski definition) is 3. The van der Waals surface area contributed by atoms with Crippen molar-refractivity contribution < 1.29 is 9.90 Å². The van der Waals surface area contributed by atoms with Gasteiger partial charge in [0.15, 0.2) is 5.76 Å². The van der Waals surface area contributed by atoms with E-state index in [9.17, 15) is 4.79 Å². The molecule has 1 amide bonds. The number of aliphatic hydroxyl groups is 1. The smallest absolute Gasteiger partial charge is 0.288 e. The number of nitrogens with zero attached hydrogens (tertiary/aromatic N) is 1. The lowest BCUT2D eigenvalue weighted by atomic mass is 10.5. The van der Waals surface area contributed by atoms with E-state index in [1.807, 2.05) is 0 Å². The average molecular weight is 179 g/mol. The average Bonchev–Trinajstić information content (AvgIpc) is 2.20. The van der Waals surface area contributed by atoms with Crippen LogP contribution in [0.1, 0.15) is 0 Å². The van der Waals surface area contributed by atoms with Gasteiger partial charge in [-0.25, -0.2) is 0 Å². The minimum atomic E-state index is -0.314. The number of halogens is 1. The molecule has 0 bridgehead atoms. The Labute approximate surface area is 71.1 Å². The van der Waals surface area contributed by atoms with Crippen LogP contribution < -0.4 is 5.73 Å². The van der Waals surface area contributed by atoms with Crippen LogP contribution in [0.3, 0.4) is 0 Å². The highest BCUT2D eigenvalue weighted by Crippen LogP contribution is 2.06. The molecule has 0 aliphatic carbocycles. The van der Waals surface area contributed by atoms with E-state index in [4.69, 9.17) is 10.8 Å². The Morgan fingerprint density at radius 1 is 1.73 bits per heavy atom. The zero-order valence-electron chi connectivity index (χ0n) is 5.99. The summed E-state index contributed by atoms with van der Waals surface area (Å²) in [5, 5.41) is 8.82. The molecule has 0 spiro atoms. The molecule has 5 heteroatoms. The fourth-order valence-electron chi connectivity index (χ4n) is 0.878. The van der Waals surface area contributed by atoms with E-state index < -0.39 is 0 Å². The third kappa shape index (κ3) is 2.10. The van der Waals surface area contributed by atoms with Crippen molar-refractivity contribution in [3.8, 4) is 0 Å². The van der Waals surface area contributed by atoms with Crippen molar-refractivity contribution in [3.63, 3.8) is 0 Å². The van der Waals surface area contributed by atoms with E-state index in [0.29, 0.717) is 19.6 Å². The summed E-state index contributed by atoms with van der Waals surface area (Å²) in [5.74, 6) is -0.473. The van der Waals surface area contributed by atoms with Gasteiger partial charge >= 0.3 is 0 Å². The van der Waals surface area contributed by atoms with Crippen LogP contribution in [0.25, 0.3) is 0 Å². The predicted octanol–water partition coefficient (Wildman–Crippen LogP) is -0.349. The largest absolute Gasteiger partial charge is 0.503 e. The van der Waals surface area contributed by atoms with E-state index >= 15 is 0 Å². The Morgan fingerprint density at radius 3 is 2.73 bits per heavy atom. The Kier molecular flexibility index (Phi) is 3.92. The monoisotopic (exact) mass is 178 g/mol. The molecule has 0 aromatic rings. The molecule has 0 saturated carbocycles. The lowest BCUT2D eigenvalue weighted by molar-refractivity contribution is -0.127. The van der Waals surface area contributed by atoms with Gasteiger partial charge < -0.3 is 15.7 Å². The van der Waals surface area contributed by atoms with Crippen molar-refractivity contribution in [1.29, 1.82) is 0 Å². The molecule has 1 aliphatic rings. The third-order valence-electron chi connectivity index (χ3n) is 1.41. The summed E-state index contributed by atoms with van der Waals surface area (Å²) >= 11 is 0. The van der Waals surface area contributed by atoms with Gasteiger partial charge in [0.1, 0.15) is 0 Å². The number of hydrogen-bond donors (Lipinski definition) is 2. The molecule has 0 atom stereocenters. The zero-order chi connectivity index (χ0) is 7.56. The molecule has 3 N–H and O–H groups in total. The SMILES string of the molecule is Cl.NCCN1CC=C(O)C1=O. The second-order valence-electron chi connectivity index (χ2n) is 2.13. The Hall–Kier alpha value is -0.740. The van der Waals surface area contributed by atoms with Gasteiger partial charge in [-0.15, -0.1) is 12.4 Å². The van der Waals surface area contributed by atoms with Gasteiger partial charge in [0.2, 0.25) is 0 Å². The lowest BCUT2D eigenvalue weighted by Gasteiger charge is -2.12. The molecule has 0 unspecified atom stereocenters. The van der Waals surface area contributed by atoms with Gasteiger partial charge in [0.25, 0.3) is 5.91 Å². The van der Waals surface area contributed by atoms with Crippen LogP contribution in [-0.2, 0) is 4.79 Å². The molecule has 11 heavy (non-hydrogen) atoms. The quantitative estimate of drug-likeness (QED) is 0.608. The third-order valence-corrected chi connectivity index (χ3v) is 1.41. The van der Waals surface area contributed by atoms with E-state index in [0.717, 1.165) is 0 Å². The predicted molar refractivity (Wildman–Crippen MR) is 43.6 cm³/mol. The van der Waals surface area contributed by atoms with Crippen molar-refractivity contribution in [2.24, 2.45) is 5.73 Å². The number of amides is 1. The van der Waals surface area contributed by atoms with Crippen molar-refractivity contribution in [2.45, 2.75) is 0 Å². The van der Waals surface area contributed by atoms with Crippen LogP contribution in [0.2, 0.25) is 0 Å². The first kappa shape index (κ1) is 10.3. The Bertz CT molecular complexity index is 181. The molecular weight excluding hydrogens is 168 g/mol. The number of nitrogens with two attached hydrogens (primary N) is 1. The maximum atomic E-state index is 10.8. The molecule has 0 aromatic heterocycles. The summed E-state index contributed by atoms with van der Waals surface area (Å²) in [4.78, 5) is 12.3. The van der Waals surface area contributed by atoms with Crippen LogP contribution in [0.5, 0.6) is 0 Å². The van der Waals surface area contributed by atoms with Gasteiger partial charge in [-0.1, -0.05) is 0 Å². The highest BCUT2D eigenvalue weighted by molar-refractivity contribution is 5.93. The molecule has 0 saturated heterocycles. The molecule has 0 aromatic carbocycles. The van der Waals surface area contributed by atoms with Crippen LogP contribution in [0.15, 0.2) is 11.8 Å². The normalized spacial score (nSPS) is 16.3. The van der Waals surface area contributed by atoms with Crippen LogP contribution in [0.4, 0.5) is 0 Å². The molecule has 4 nitrogen and oxygen atoms in total. The zero-order valence-corrected chi connectivity index (χ0v) is 6.80. The minimum Gasteiger partial charge on any atom is -0.503 e. The number of carbonyl (C=O) groups is 1. The summed E-state index contributed by atoms with van der Waals surface area (Å²) in [6, 6.07) is 0. The highest BCUT2D eigenvalue weighted by atomic mass is 35.5. The van der Waals surface area contributed by atoms with E-state index in [2.05, 4.69) is 0 Å². The van der Waals surface area contributed by atoms with Crippen molar-refractivity contribution in [2.75, 3.05) is 19.6 Å². The van der Waals surface area contributed by atoms with Crippen LogP contribution in [-0.4, -0.2) is 35.5 Å². The maximum absolute atomic E-state index is 10.8. The molecule has 1 rings (SSSR count). The summed E-state index contributed by atoms with van der Waals surface area (Å²) in [6.07, 6.45) is 1.48. The lowest BCUT2D eigenvalue weighted by Crippen LogP contribution is -2.31. The summed E-state index contributed by atoms with van der Waals surface area (Å²) in [7, 11) is 0. The van der Waals surface area contributed by atoms with Gasteiger partial charge in [-0.2, -0.15) is 0 Å². The van der Waals surface area contributed by atoms with Gasteiger partial charge in [0.05, 0.1) is 0 Å². The van der Waals surface area contributed by atoms with Crippen LogP contribution in [0, 0.1) is 0 Å². The van der Waals surface area contributed by atoms with Crippen molar-refractivity contribution in [3.05, 3.63) is 11.8 Å². The Balaban J connectivity index is 0.000001000. The summed E-state index contributed by atoms with van der Waals surface area (Å²) in [5.41, 5.74) is 5.22. The first-order valence-corrected chi connectivity index (χ1v) is 3.14. The van der Waals surface area contributed by atoms with Crippen molar-refractivity contribution >= 4 is 18.3 Å². The molecular formula is C6H11ClN2O2. The second kappa shape index (κ2) is 4.20.